The molecule has 0 aliphatic rings. The summed E-state index contributed by atoms with van der Waals surface area (Å²) in [5.41, 5.74) is 0. The number of hydrogen-bond donors (Lipinski definition) is 1. The summed E-state index contributed by atoms with van der Waals surface area (Å²) in [4.78, 5) is 35.5. The summed E-state index contributed by atoms with van der Waals surface area (Å²) in [7, 11) is 1.41. The lowest BCUT2D eigenvalue weighted by molar-refractivity contribution is -0.870. The molecule has 0 aromatic heterocycles. The van der Waals surface area contributed by atoms with Crippen LogP contribution in [0.1, 0.15) is 168 Å². The van der Waals surface area contributed by atoms with E-state index in [4.69, 9.17) is 18.5 Å². The standard InChI is InChI=1S/C62H98NO8P/c1-6-8-10-12-14-16-18-20-21-22-23-24-25-26-27-28-29-30-31-32-33-34-35-36-37-38-39-40-41-43-45-47-49-51-53-55-62(65)71-60(59-70-72(66,67)69-57-56-63(3,4)5)58-68-61(64)54-52-50-48-46-44-42-19-17-15-13-11-9-7-2/h8-11,14-17,20-21,23-24,26-27,29-30,32-33,35-36,38-39,42,44,48,50,60H,6-7,12-13,18-19,22,25,28,31,34,37,40-41,43,45-47,49,51-59H2,1-5H3/p+1/b10-8-,11-9-,16-14-,17-15-,21-20-,24-23-,27-26-,30-29-,33-32-,36-35-,39-38-,44-42-,50-48-. The number of hydrogen-bond acceptors (Lipinski definition) is 7. The average molecular weight is 1020 g/mol. The first-order valence-electron chi connectivity index (χ1n) is 27.2. The second-order valence-corrected chi connectivity index (χ2v) is 19.9. The van der Waals surface area contributed by atoms with Crippen LogP contribution in [0.4, 0.5) is 0 Å². The first-order valence-corrected chi connectivity index (χ1v) is 28.7. The van der Waals surface area contributed by atoms with Gasteiger partial charge < -0.3 is 18.9 Å². The van der Waals surface area contributed by atoms with Crippen LogP contribution in [0.15, 0.2) is 158 Å². The number of esters is 2. The van der Waals surface area contributed by atoms with Crippen LogP contribution >= 0.6 is 7.82 Å². The molecular formula is C62H99NO8P+. The lowest BCUT2D eigenvalue weighted by Crippen LogP contribution is -2.37. The van der Waals surface area contributed by atoms with Crippen molar-refractivity contribution in [1.82, 2.24) is 0 Å². The molecule has 0 saturated carbocycles. The monoisotopic (exact) mass is 1020 g/mol. The molecule has 0 amide bonds. The summed E-state index contributed by atoms with van der Waals surface area (Å²) < 4.78 is 34.3. The van der Waals surface area contributed by atoms with E-state index in [1.54, 1.807) is 0 Å². The summed E-state index contributed by atoms with van der Waals surface area (Å²) in [5.74, 6) is -0.922. The van der Waals surface area contributed by atoms with Crippen LogP contribution in [0, 0.1) is 0 Å². The van der Waals surface area contributed by atoms with Gasteiger partial charge in [0.2, 0.25) is 0 Å². The van der Waals surface area contributed by atoms with E-state index in [0.717, 1.165) is 116 Å². The third-order valence-electron chi connectivity index (χ3n) is 10.6. The van der Waals surface area contributed by atoms with Crippen LogP contribution in [0.3, 0.4) is 0 Å². The minimum absolute atomic E-state index is 0.00959. The van der Waals surface area contributed by atoms with Gasteiger partial charge in [0.15, 0.2) is 6.10 Å². The Balaban J connectivity index is 4.24. The van der Waals surface area contributed by atoms with Crippen molar-refractivity contribution in [2.45, 2.75) is 174 Å². The van der Waals surface area contributed by atoms with Gasteiger partial charge in [-0.2, -0.15) is 0 Å². The zero-order valence-electron chi connectivity index (χ0n) is 45.6. The Morgan fingerprint density at radius 2 is 0.778 bits per heavy atom. The molecule has 0 spiro atoms. The van der Waals surface area contributed by atoms with Gasteiger partial charge in [0.25, 0.3) is 0 Å². The maximum absolute atomic E-state index is 12.8. The quantitative estimate of drug-likeness (QED) is 0.0211. The summed E-state index contributed by atoms with van der Waals surface area (Å²) in [6, 6.07) is 0. The Kier molecular flexibility index (Phi) is 48.4. The fraction of sp³-hybridized carbons (Fsp3) is 0.548. The van der Waals surface area contributed by atoms with Crippen molar-refractivity contribution < 1.29 is 42.1 Å². The van der Waals surface area contributed by atoms with Gasteiger partial charge in [-0.15, -0.1) is 0 Å². The maximum Gasteiger partial charge on any atom is 0.472 e. The Morgan fingerprint density at radius 3 is 1.17 bits per heavy atom. The van der Waals surface area contributed by atoms with Gasteiger partial charge in [0, 0.05) is 12.8 Å². The van der Waals surface area contributed by atoms with Crippen molar-refractivity contribution in [2.24, 2.45) is 0 Å². The molecule has 0 rings (SSSR count). The van der Waals surface area contributed by atoms with Gasteiger partial charge in [-0.1, -0.05) is 204 Å². The van der Waals surface area contributed by atoms with Crippen molar-refractivity contribution in [3.8, 4) is 0 Å². The fourth-order valence-electron chi connectivity index (χ4n) is 6.43. The van der Waals surface area contributed by atoms with Gasteiger partial charge in [-0.05, 0) is 109 Å². The third-order valence-corrected chi connectivity index (χ3v) is 11.6. The van der Waals surface area contributed by atoms with E-state index in [-0.39, 0.29) is 26.1 Å². The van der Waals surface area contributed by atoms with E-state index in [9.17, 15) is 19.0 Å². The number of phosphoric ester groups is 1. The highest BCUT2D eigenvalue weighted by molar-refractivity contribution is 7.47. The summed E-state index contributed by atoms with van der Waals surface area (Å²) in [6.45, 7) is 4.06. The molecule has 0 aromatic rings. The van der Waals surface area contributed by atoms with Crippen LogP contribution in [0.25, 0.3) is 0 Å². The first-order chi connectivity index (χ1) is 35.0. The zero-order valence-corrected chi connectivity index (χ0v) is 46.5. The van der Waals surface area contributed by atoms with Gasteiger partial charge in [-0.3, -0.25) is 18.6 Å². The molecule has 0 aliphatic carbocycles. The molecule has 0 bridgehead atoms. The smallest absolute Gasteiger partial charge is 0.462 e. The molecule has 1 N–H and O–H groups in total. The number of unbranched alkanes of at least 4 members (excludes halogenated alkanes) is 7. The number of carbonyl (C=O) groups is 2. The molecule has 9 nitrogen and oxygen atoms in total. The number of allylic oxidation sites excluding steroid dienone is 26. The number of rotatable bonds is 47. The number of carbonyl (C=O) groups excluding carboxylic acids is 2. The topological polar surface area (TPSA) is 108 Å². The van der Waals surface area contributed by atoms with E-state index < -0.39 is 32.5 Å². The predicted octanol–water partition coefficient (Wildman–Crippen LogP) is 16.9. The molecule has 404 valence electrons. The number of phosphoric acid groups is 1. The van der Waals surface area contributed by atoms with Crippen molar-refractivity contribution in [1.29, 1.82) is 0 Å². The molecule has 0 aromatic carbocycles. The van der Waals surface area contributed by atoms with Crippen molar-refractivity contribution >= 4 is 19.8 Å². The van der Waals surface area contributed by atoms with Crippen LogP contribution in [-0.4, -0.2) is 74.9 Å². The van der Waals surface area contributed by atoms with Gasteiger partial charge in [0.05, 0.1) is 27.7 Å². The van der Waals surface area contributed by atoms with Crippen molar-refractivity contribution in [3.05, 3.63) is 158 Å². The Labute approximate surface area is 439 Å². The van der Waals surface area contributed by atoms with Gasteiger partial charge >= 0.3 is 19.8 Å². The summed E-state index contributed by atoms with van der Waals surface area (Å²) >= 11 is 0. The van der Waals surface area contributed by atoms with E-state index in [2.05, 4.69) is 160 Å². The minimum atomic E-state index is -4.41. The van der Waals surface area contributed by atoms with E-state index >= 15 is 0 Å². The highest BCUT2D eigenvalue weighted by atomic mass is 31.2. The normalized spacial score (nSPS) is 14.6. The fourth-order valence-corrected chi connectivity index (χ4v) is 7.17. The lowest BCUT2D eigenvalue weighted by atomic mass is 10.1. The van der Waals surface area contributed by atoms with Crippen LogP contribution in [-0.2, 0) is 32.7 Å². The highest BCUT2D eigenvalue weighted by Gasteiger charge is 2.27. The average Bonchev–Trinajstić information content (AvgIpc) is 3.34. The predicted molar refractivity (Wildman–Crippen MR) is 306 cm³/mol. The highest BCUT2D eigenvalue weighted by Crippen LogP contribution is 2.43. The minimum Gasteiger partial charge on any atom is -0.462 e. The van der Waals surface area contributed by atoms with Crippen LogP contribution < -0.4 is 0 Å². The first kappa shape index (κ1) is 67.6. The molecule has 0 aliphatic heterocycles. The van der Waals surface area contributed by atoms with Crippen molar-refractivity contribution in [2.75, 3.05) is 47.5 Å². The number of nitrogens with zero attached hydrogens (tertiary/aromatic N) is 1. The second-order valence-electron chi connectivity index (χ2n) is 18.5. The number of ether oxygens (including phenoxy) is 2. The summed E-state index contributed by atoms with van der Waals surface area (Å²) in [6.07, 6.45) is 77.6. The largest absolute Gasteiger partial charge is 0.472 e. The SMILES string of the molecule is CC/C=C\C/C=C\C/C=C\C/C=C\C/C=C\C/C=C\C/C=C\C/C=C\C/C=C\CCCCCCCCCC(=O)OC(COC(=O)CC/C=C\C/C=C\C/C=C\C/C=C\CC)COP(=O)(O)OCC[N+](C)(C)C. The van der Waals surface area contributed by atoms with Crippen LogP contribution in [0.5, 0.6) is 0 Å². The molecule has 0 heterocycles. The Morgan fingerprint density at radius 1 is 0.431 bits per heavy atom. The Hall–Kier alpha value is -4.37. The molecule has 2 atom stereocenters. The molecular weight excluding hydrogens is 918 g/mol. The van der Waals surface area contributed by atoms with Crippen molar-refractivity contribution in [3.63, 3.8) is 0 Å². The van der Waals surface area contributed by atoms with E-state index in [1.807, 2.05) is 33.3 Å². The van der Waals surface area contributed by atoms with E-state index in [1.165, 1.54) is 12.8 Å². The molecule has 10 heteroatoms. The number of quaternary nitrogens is 1. The molecule has 0 radical (unpaired) electrons. The Bertz CT molecular complexity index is 1770. The zero-order chi connectivity index (χ0) is 52.7. The molecule has 0 fully saturated rings. The van der Waals surface area contributed by atoms with Gasteiger partial charge in [-0.25, -0.2) is 4.57 Å². The summed E-state index contributed by atoms with van der Waals surface area (Å²) in [5, 5.41) is 0. The lowest BCUT2D eigenvalue weighted by Gasteiger charge is -2.24. The second kappa shape index (κ2) is 51.5. The third kappa shape index (κ3) is 55.0. The molecule has 72 heavy (non-hydrogen) atoms. The van der Waals surface area contributed by atoms with Crippen LogP contribution in [0.2, 0.25) is 0 Å². The van der Waals surface area contributed by atoms with Gasteiger partial charge in [0.1, 0.15) is 19.8 Å². The maximum atomic E-state index is 12.8. The molecule has 2 unspecified atom stereocenters. The number of likely N-dealkylation sites (N-methyl/N-ethyl adjacent to an activating group) is 1. The molecule has 0 saturated heterocycles. The van der Waals surface area contributed by atoms with E-state index in [0.29, 0.717) is 23.9 Å².